The zero-order valence-electron chi connectivity index (χ0n) is 20.4. The second-order valence-electron chi connectivity index (χ2n) is 8.95. The van der Waals surface area contributed by atoms with Crippen molar-refractivity contribution in [3.63, 3.8) is 0 Å². The van der Waals surface area contributed by atoms with Crippen LogP contribution < -0.4 is 20.7 Å². The number of ether oxygens (including phenoxy) is 1. The molecule has 1 atom stereocenters. The second kappa shape index (κ2) is 11.0. The fourth-order valence-electron chi connectivity index (χ4n) is 4.59. The Morgan fingerprint density at radius 3 is 2.64 bits per heavy atom. The molecule has 0 saturated carbocycles. The summed E-state index contributed by atoms with van der Waals surface area (Å²) in [6, 6.07) is 3.00. The molecular formula is C25H31F2N7O2. The normalized spacial score (nSPS) is 17.9. The van der Waals surface area contributed by atoms with Gasteiger partial charge in [0.2, 0.25) is 5.91 Å². The molecule has 3 heterocycles. The number of allylic oxidation sites excluding steroid dienone is 1. The number of aromatic nitrogens is 2. The molecule has 4 rings (SSSR count). The van der Waals surface area contributed by atoms with E-state index in [0.717, 1.165) is 23.7 Å². The van der Waals surface area contributed by atoms with Crippen LogP contribution >= 0.6 is 0 Å². The summed E-state index contributed by atoms with van der Waals surface area (Å²) < 4.78 is 33.0. The Labute approximate surface area is 208 Å². The largest absolute Gasteiger partial charge is 0.487 e. The Bertz CT molecular complexity index is 1170. The molecule has 1 aromatic carbocycles. The maximum Gasteiger partial charge on any atom is 0.236 e. The Morgan fingerprint density at radius 2 is 2.00 bits per heavy atom. The van der Waals surface area contributed by atoms with E-state index in [1.54, 1.807) is 7.05 Å². The van der Waals surface area contributed by atoms with Crippen LogP contribution in [0, 0.1) is 17.0 Å². The van der Waals surface area contributed by atoms with Gasteiger partial charge in [-0.05, 0) is 19.1 Å². The minimum Gasteiger partial charge on any atom is -0.487 e. The van der Waals surface area contributed by atoms with E-state index >= 15 is 0 Å². The highest BCUT2D eigenvalue weighted by Gasteiger charge is 2.30. The van der Waals surface area contributed by atoms with Crippen LogP contribution in [-0.4, -0.2) is 65.8 Å². The lowest BCUT2D eigenvalue weighted by molar-refractivity contribution is -0.125. The number of hydrogen-bond acceptors (Lipinski definition) is 8. The molecule has 0 spiro atoms. The Kier molecular flexibility index (Phi) is 7.78. The van der Waals surface area contributed by atoms with Gasteiger partial charge < -0.3 is 26.1 Å². The van der Waals surface area contributed by atoms with Crippen LogP contribution in [0.15, 0.2) is 24.4 Å². The van der Waals surface area contributed by atoms with Crippen LogP contribution in [-0.2, 0) is 17.8 Å². The van der Waals surface area contributed by atoms with E-state index in [0.29, 0.717) is 62.5 Å². The first-order valence-electron chi connectivity index (χ1n) is 12.0. The smallest absolute Gasteiger partial charge is 0.236 e. The lowest BCUT2D eigenvalue weighted by Crippen LogP contribution is -2.46. The SMILES string of the molecule is CNC(=O)C(C)N1CCc2nc(N3CCC(Oc4ccc(F)cc4F)CC3)c(/C(C=N)=C/N)nc2C1. The number of amides is 1. The third-order valence-corrected chi connectivity index (χ3v) is 6.73. The standard InChI is InChI=1S/C25H31F2N7O2/c1-15(25(35)30-2)34-10-7-20-21(14-34)31-23(16(12-28)13-29)24(32-20)33-8-5-18(6-9-33)36-22-4-3-17(26)11-19(22)27/h3-4,11-13,15,18,28H,5-10,14,29H2,1-2H3,(H,30,35)/b16-13+,28-12?. The number of rotatable bonds is 7. The van der Waals surface area contributed by atoms with Gasteiger partial charge >= 0.3 is 0 Å². The number of nitrogens with two attached hydrogens (primary N) is 1. The predicted octanol–water partition coefficient (Wildman–Crippen LogP) is 2.24. The first-order valence-corrected chi connectivity index (χ1v) is 12.0. The van der Waals surface area contributed by atoms with Crippen molar-refractivity contribution in [2.24, 2.45) is 5.73 Å². The molecule has 2 aliphatic rings. The molecule has 2 aromatic rings. The van der Waals surface area contributed by atoms with E-state index in [-0.39, 0.29) is 23.8 Å². The maximum atomic E-state index is 14.0. The lowest BCUT2D eigenvalue weighted by Gasteiger charge is -2.36. The van der Waals surface area contributed by atoms with Crippen LogP contribution in [0.25, 0.3) is 5.57 Å². The first kappa shape index (κ1) is 25.5. The van der Waals surface area contributed by atoms with Crippen LogP contribution in [0.4, 0.5) is 14.6 Å². The zero-order chi connectivity index (χ0) is 25.8. The Balaban J connectivity index is 1.54. The second-order valence-corrected chi connectivity index (χ2v) is 8.95. The monoisotopic (exact) mass is 499 g/mol. The number of carbonyl (C=O) groups excluding carboxylic acids is 1. The van der Waals surface area contributed by atoms with E-state index in [1.165, 1.54) is 18.3 Å². The molecule has 1 aromatic heterocycles. The summed E-state index contributed by atoms with van der Waals surface area (Å²) in [4.78, 5) is 26.1. The number of hydrogen-bond donors (Lipinski definition) is 3. The Hall–Kier alpha value is -3.60. The maximum absolute atomic E-state index is 14.0. The van der Waals surface area contributed by atoms with Crippen molar-refractivity contribution in [3.8, 4) is 5.75 Å². The molecule has 4 N–H and O–H groups in total. The first-order chi connectivity index (χ1) is 17.3. The lowest BCUT2D eigenvalue weighted by atomic mass is 10.0. The number of benzene rings is 1. The summed E-state index contributed by atoms with van der Waals surface area (Å²) in [5.74, 6) is -0.737. The minimum absolute atomic E-state index is 0.0387. The number of piperidine rings is 1. The minimum atomic E-state index is -0.719. The van der Waals surface area contributed by atoms with Gasteiger partial charge in [-0.2, -0.15) is 0 Å². The molecule has 0 bridgehead atoms. The fraction of sp³-hybridized carbons (Fsp3) is 0.440. The summed E-state index contributed by atoms with van der Waals surface area (Å²) in [5, 5.41) is 10.5. The average Bonchev–Trinajstić information content (AvgIpc) is 2.90. The van der Waals surface area contributed by atoms with E-state index in [4.69, 9.17) is 25.8 Å². The molecule has 1 unspecified atom stereocenters. The van der Waals surface area contributed by atoms with Gasteiger partial charge in [-0.15, -0.1) is 0 Å². The van der Waals surface area contributed by atoms with Crippen molar-refractivity contribution >= 4 is 23.5 Å². The van der Waals surface area contributed by atoms with Crippen molar-refractivity contribution in [2.45, 2.75) is 44.9 Å². The van der Waals surface area contributed by atoms with E-state index in [2.05, 4.69) is 10.2 Å². The van der Waals surface area contributed by atoms with Gasteiger partial charge in [0.1, 0.15) is 17.6 Å². The van der Waals surface area contributed by atoms with Gasteiger partial charge in [-0.3, -0.25) is 9.69 Å². The highest BCUT2D eigenvalue weighted by atomic mass is 19.1. The van der Waals surface area contributed by atoms with Gasteiger partial charge in [0.05, 0.1) is 17.4 Å². The molecule has 2 aliphatic heterocycles. The van der Waals surface area contributed by atoms with Crippen molar-refractivity contribution in [1.29, 1.82) is 5.41 Å². The third kappa shape index (κ3) is 5.30. The van der Waals surface area contributed by atoms with E-state index in [1.807, 2.05) is 11.8 Å². The third-order valence-electron chi connectivity index (χ3n) is 6.73. The molecule has 1 amide bonds. The van der Waals surface area contributed by atoms with Crippen LogP contribution in [0.2, 0.25) is 0 Å². The molecule has 36 heavy (non-hydrogen) atoms. The number of nitrogens with one attached hydrogen (secondary N) is 2. The number of halogens is 2. The topological polar surface area (TPSA) is 120 Å². The molecule has 9 nitrogen and oxygen atoms in total. The van der Waals surface area contributed by atoms with Gasteiger partial charge in [-0.25, -0.2) is 18.7 Å². The quantitative estimate of drug-likeness (QED) is 0.500. The van der Waals surface area contributed by atoms with Crippen molar-refractivity contribution in [1.82, 2.24) is 20.2 Å². The summed E-state index contributed by atoms with van der Waals surface area (Å²) in [6.07, 6.45) is 4.14. The fourth-order valence-corrected chi connectivity index (χ4v) is 4.59. The number of carbonyl (C=O) groups is 1. The van der Waals surface area contributed by atoms with Crippen molar-refractivity contribution in [3.05, 3.63) is 53.1 Å². The van der Waals surface area contributed by atoms with E-state index in [9.17, 15) is 13.6 Å². The molecule has 0 aliphatic carbocycles. The van der Waals surface area contributed by atoms with Gasteiger partial charge in [-0.1, -0.05) is 0 Å². The van der Waals surface area contributed by atoms with Gasteiger partial charge in [0, 0.05) is 76.5 Å². The number of anilines is 1. The summed E-state index contributed by atoms with van der Waals surface area (Å²) >= 11 is 0. The number of fused-ring (bicyclic) bond motifs is 1. The van der Waals surface area contributed by atoms with E-state index < -0.39 is 11.6 Å². The van der Waals surface area contributed by atoms with Crippen LogP contribution in [0.3, 0.4) is 0 Å². The Morgan fingerprint density at radius 1 is 1.25 bits per heavy atom. The number of likely N-dealkylation sites (N-methyl/N-ethyl adjacent to an activating group) is 1. The number of nitrogens with zero attached hydrogens (tertiary/aromatic N) is 4. The molecular weight excluding hydrogens is 468 g/mol. The molecule has 1 saturated heterocycles. The summed E-state index contributed by atoms with van der Waals surface area (Å²) in [5.41, 5.74) is 8.41. The molecule has 0 radical (unpaired) electrons. The van der Waals surface area contributed by atoms with Crippen molar-refractivity contribution in [2.75, 3.05) is 31.6 Å². The molecule has 1 fully saturated rings. The predicted molar refractivity (Wildman–Crippen MR) is 133 cm³/mol. The highest BCUT2D eigenvalue weighted by molar-refractivity contribution is 6.09. The van der Waals surface area contributed by atoms with Crippen LogP contribution in [0.5, 0.6) is 5.75 Å². The van der Waals surface area contributed by atoms with Crippen molar-refractivity contribution < 1.29 is 18.3 Å². The van der Waals surface area contributed by atoms with Crippen LogP contribution in [0.1, 0.15) is 36.8 Å². The van der Waals surface area contributed by atoms with Gasteiger partial charge in [0.25, 0.3) is 0 Å². The van der Waals surface area contributed by atoms with Gasteiger partial charge in [0.15, 0.2) is 17.4 Å². The molecule has 192 valence electrons. The zero-order valence-corrected chi connectivity index (χ0v) is 20.4. The average molecular weight is 500 g/mol. The summed E-state index contributed by atoms with van der Waals surface area (Å²) in [7, 11) is 1.62. The molecule has 11 heteroatoms. The summed E-state index contributed by atoms with van der Waals surface area (Å²) in [6.45, 7) is 4.18. The highest BCUT2D eigenvalue weighted by Crippen LogP contribution is 2.30.